The number of rotatable bonds is 1. The molecule has 0 amide bonds. The molecule has 0 unspecified atom stereocenters. The Kier molecular flexibility index (Phi) is 4.28. The number of nitrogens with zero attached hydrogens (tertiary/aromatic N) is 2. The molecule has 1 fully saturated rings. The molecule has 8 N–H and O–H groups in total. The van der Waals surface area contributed by atoms with Gasteiger partial charge in [0.1, 0.15) is 0 Å². The van der Waals surface area contributed by atoms with Crippen LogP contribution in [0.4, 0.5) is 17.3 Å². The third-order valence-corrected chi connectivity index (χ3v) is 4.41. The van der Waals surface area contributed by atoms with Crippen molar-refractivity contribution in [3.8, 4) is 0 Å². The summed E-state index contributed by atoms with van der Waals surface area (Å²) in [5.74, 6) is 0.202. The van der Waals surface area contributed by atoms with Gasteiger partial charge in [-0.1, -0.05) is 0 Å². The first kappa shape index (κ1) is 16.2. The minimum atomic E-state index is 0.202. The zero-order valence-corrected chi connectivity index (χ0v) is 14.2. The van der Waals surface area contributed by atoms with Gasteiger partial charge < -0.3 is 21.1 Å². The Morgan fingerprint density at radius 1 is 0.885 bits per heavy atom. The van der Waals surface area contributed by atoms with Crippen LogP contribution in [-0.4, -0.2) is 51.9 Å². The summed E-state index contributed by atoms with van der Waals surface area (Å²) in [5, 5.41) is 17.7. The van der Waals surface area contributed by atoms with Gasteiger partial charge in [-0.15, -0.1) is 5.10 Å². The summed E-state index contributed by atoms with van der Waals surface area (Å²) in [6, 6.07) is 11.9. The first-order valence-corrected chi connectivity index (χ1v) is 8.43. The fourth-order valence-corrected chi connectivity index (χ4v) is 3.08. The van der Waals surface area contributed by atoms with Crippen molar-refractivity contribution < 1.29 is 4.74 Å². The number of anilines is 3. The second-order valence-electron chi connectivity index (χ2n) is 6.12. The molecule has 0 radical (unpaired) electrons. The smallest absolute Gasteiger partial charge is 0.231 e. The van der Waals surface area contributed by atoms with Crippen LogP contribution in [0.5, 0.6) is 0 Å². The Balaban J connectivity index is 2.04. The van der Waals surface area contributed by atoms with E-state index in [1.165, 1.54) is 0 Å². The van der Waals surface area contributed by atoms with Gasteiger partial charge in [0.05, 0.1) is 24.2 Å². The maximum atomic E-state index is 6.05. The molecule has 1 aliphatic heterocycles. The van der Waals surface area contributed by atoms with Crippen molar-refractivity contribution in [3.05, 3.63) is 36.4 Å². The summed E-state index contributed by atoms with van der Waals surface area (Å²) >= 11 is 0. The second-order valence-corrected chi connectivity index (χ2v) is 6.12. The highest BCUT2D eigenvalue weighted by atomic mass is 16.5. The van der Waals surface area contributed by atoms with Crippen LogP contribution in [-0.2, 0) is 4.74 Å². The molecule has 1 saturated heterocycles. The average Bonchev–Trinajstić information content (AvgIpc) is 2.67. The molecule has 0 aliphatic carbocycles. The van der Waals surface area contributed by atoms with Crippen LogP contribution in [0.3, 0.4) is 0 Å². The highest BCUT2D eigenvalue weighted by Crippen LogP contribution is 2.27. The lowest BCUT2D eigenvalue weighted by Crippen LogP contribution is -2.36. The van der Waals surface area contributed by atoms with E-state index in [0.29, 0.717) is 5.69 Å². The molecule has 1 aliphatic rings. The minimum absolute atomic E-state index is 0.202. The van der Waals surface area contributed by atoms with Crippen LogP contribution in [0.15, 0.2) is 36.4 Å². The van der Waals surface area contributed by atoms with Crippen molar-refractivity contribution in [3.63, 3.8) is 0 Å². The Morgan fingerprint density at radius 2 is 1.62 bits per heavy atom. The number of morpholine rings is 1. The number of hydrogen-bond donors (Lipinski definition) is 6. The normalized spacial score (nSPS) is 14.4. The molecule has 4 rings (SSSR count). The maximum Gasteiger partial charge on any atom is 0.231 e. The summed E-state index contributed by atoms with van der Waals surface area (Å²) in [6.07, 6.45) is 0. The van der Waals surface area contributed by atoms with E-state index in [1.807, 2.05) is 24.3 Å². The van der Waals surface area contributed by atoms with Gasteiger partial charge in [-0.3, -0.25) is 15.3 Å². The Hall–Kier alpha value is -3.33. The first-order chi connectivity index (χ1) is 12.7. The number of aromatic amines is 4. The molecule has 9 nitrogen and oxygen atoms in total. The van der Waals surface area contributed by atoms with Crippen LogP contribution in [0, 0.1) is 0 Å². The van der Waals surface area contributed by atoms with Crippen molar-refractivity contribution in [1.82, 2.24) is 25.6 Å². The van der Waals surface area contributed by atoms with Gasteiger partial charge in [0.25, 0.3) is 0 Å². The lowest BCUT2D eigenvalue weighted by atomic mass is 10.1. The summed E-state index contributed by atoms with van der Waals surface area (Å²) in [7, 11) is 0. The molecule has 2 heterocycles. The molecule has 26 heavy (non-hydrogen) atoms. The monoisotopic (exact) mass is 354 g/mol. The number of hydrogen-bond acceptors (Lipinski definition) is 5. The van der Waals surface area contributed by atoms with Crippen LogP contribution >= 0.6 is 0 Å². The number of nitrogen functional groups attached to an aromatic ring is 2. The summed E-state index contributed by atoms with van der Waals surface area (Å²) in [4.78, 5) is 2.31. The van der Waals surface area contributed by atoms with Gasteiger partial charge in [-0.05, 0) is 36.4 Å². The lowest BCUT2D eigenvalue weighted by Gasteiger charge is -2.29. The van der Waals surface area contributed by atoms with Gasteiger partial charge in [0, 0.05) is 35.2 Å². The number of benzene rings is 2. The molecule has 136 valence electrons. The quantitative estimate of drug-likeness (QED) is 0.371. The minimum Gasteiger partial charge on any atom is -0.399 e. The molecule has 0 saturated carbocycles. The van der Waals surface area contributed by atoms with E-state index < -0.39 is 0 Å². The maximum absolute atomic E-state index is 6.05. The molecule has 3 aromatic rings. The predicted octanol–water partition coefficient (Wildman–Crippen LogP) is 1.95. The number of nitrogens with two attached hydrogens (primary N) is 2. The van der Waals surface area contributed by atoms with Gasteiger partial charge >= 0.3 is 0 Å². The number of H-pyrrole nitrogens is 4. The zero-order valence-electron chi connectivity index (χ0n) is 14.2. The largest absolute Gasteiger partial charge is 0.399 e. The summed E-state index contributed by atoms with van der Waals surface area (Å²) in [5.41, 5.74) is 15.4. The van der Waals surface area contributed by atoms with E-state index in [1.54, 1.807) is 0 Å². The van der Waals surface area contributed by atoms with E-state index in [4.69, 9.17) is 16.2 Å². The van der Waals surface area contributed by atoms with Gasteiger partial charge in [0.2, 0.25) is 5.95 Å². The fourth-order valence-electron chi connectivity index (χ4n) is 3.08. The van der Waals surface area contributed by atoms with E-state index in [0.717, 1.165) is 53.8 Å². The van der Waals surface area contributed by atoms with Crippen molar-refractivity contribution in [2.24, 2.45) is 0 Å². The molecule has 2 aromatic carbocycles. The van der Waals surface area contributed by atoms with Gasteiger partial charge in [-0.2, -0.15) is 0 Å². The van der Waals surface area contributed by atoms with Crippen LogP contribution in [0.1, 0.15) is 0 Å². The van der Waals surface area contributed by atoms with E-state index in [2.05, 4.69) is 42.6 Å². The Labute approximate surface area is 149 Å². The Bertz CT molecular complexity index is 1020. The molecule has 9 heteroatoms. The van der Waals surface area contributed by atoms with Gasteiger partial charge in [0.15, 0.2) is 0 Å². The number of aromatic nitrogens is 5. The average molecular weight is 354 g/mol. The van der Waals surface area contributed by atoms with Crippen molar-refractivity contribution in [2.75, 3.05) is 42.7 Å². The molecular formula is C17H22N8O. The van der Waals surface area contributed by atoms with Crippen molar-refractivity contribution in [2.45, 2.75) is 0 Å². The van der Waals surface area contributed by atoms with Crippen LogP contribution in [0.25, 0.3) is 21.8 Å². The molecule has 0 atom stereocenters. The third kappa shape index (κ3) is 3.24. The highest BCUT2D eigenvalue weighted by Gasteiger charge is 2.12. The number of fused-ring (bicyclic) bond motifs is 3. The molecular weight excluding hydrogens is 332 g/mol. The Morgan fingerprint density at radius 3 is 2.46 bits per heavy atom. The number of ether oxygens (including phenoxy) is 1. The lowest BCUT2D eigenvalue weighted by molar-refractivity contribution is 0.122. The second kappa shape index (κ2) is 6.89. The van der Waals surface area contributed by atoms with E-state index in [9.17, 15) is 0 Å². The van der Waals surface area contributed by atoms with E-state index >= 15 is 0 Å². The van der Waals surface area contributed by atoms with E-state index in [-0.39, 0.29) is 5.95 Å². The predicted molar refractivity (Wildman–Crippen MR) is 104 cm³/mol. The highest BCUT2D eigenvalue weighted by molar-refractivity contribution is 6.04. The zero-order chi connectivity index (χ0) is 17.9. The van der Waals surface area contributed by atoms with Crippen molar-refractivity contribution >= 4 is 39.1 Å². The topological polar surface area (TPSA) is 141 Å². The fraction of sp³-hybridized carbons (Fsp3) is 0.235. The molecule has 1 aromatic heterocycles. The third-order valence-electron chi connectivity index (χ3n) is 4.41. The summed E-state index contributed by atoms with van der Waals surface area (Å²) in [6.45, 7) is 3.21. The van der Waals surface area contributed by atoms with Gasteiger partial charge in [-0.25, -0.2) is 5.21 Å². The first-order valence-electron chi connectivity index (χ1n) is 8.43. The van der Waals surface area contributed by atoms with Crippen LogP contribution in [0.2, 0.25) is 0 Å². The summed E-state index contributed by atoms with van der Waals surface area (Å²) < 4.78 is 5.46. The van der Waals surface area contributed by atoms with Crippen LogP contribution < -0.4 is 16.4 Å². The molecule has 0 bridgehead atoms. The molecule has 0 spiro atoms. The van der Waals surface area contributed by atoms with Crippen molar-refractivity contribution in [1.29, 1.82) is 0 Å². The standard InChI is InChI=1S/C17H22N8O/c18-11-1-3-15-13(9-11)14-10-12(25-5-7-26-8-6-25)2-4-16(14)21-24-23-17(19)22-20-15/h1-4,9-10,20-21,24H,5-8,18H2,(H3,19,22,23). The SMILES string of the molecule is Nc1ccc2[nH][nH]c(N)n[nH][nH]c3ccc(N4CCOCC4)cc3c2c1. The number of nitrogens with one attached hydrogen (secondary N) is 4.